The SMILES string of the molecule is O=C(C1CCCCO1)N1CCC(c2ccc(OCCCN3CCCCC3)cc2)CC1. The summed E-state index contributed by atoms with van der Waals surface area (Å²) in [5.41, 5.74) is 1.37. The Bertz CT molecular complexity index is 643. The smallest absolute Gasteiger partial charge is 0.251 e. The Kier molecular flexibility index (Phi) is 8.04. The third kappa shape index (κ3) is 5.98. The van der Waals surface area contributed by atoms with E-state index in [9.17, 15) is 4.79 Å². The van der Waals surface area contributed by atoms with E-state index in [4.69, 9.17) is 9.47 Å². The molecule has 1 unspecified atom stereocenters. The highest BCUT2D eigenvalue weighted by atomic mass is 16.5. The molecular formula is C25H38N2O3. The minimum Gasteiger partial charge on any atom is -0.494 e. The molecule has 0 bridgehead atoms. The van der Waals surface area contributed by atoms with Gasteiger partial charge in [0.25, 0.3) is 5.91 Å². The van der Waals surface area contributed by atoms with E-state index in [0.717, 1.165) is 77.1 Å². The predicted molar refractivity (Wildman–Crippen MR) is 119 cm³/mol. The van der Waals surface area contributed by atoms with Crippen molar-refractivity contribution in [3.8, 4) is 5.75 Å². The first-order chi connectivity index (χ1) is 14.8. The van der Waals surface area contributed by atoms with Crippen LogP contribution in [-0.2, 0) is 9.53 Å². The molecule has 166 valence electrons. The van der Waals surface area contributed by atoms with Crippen molar-refractivity contribution in [2.75, 3.05) is 45.9 Å². The van der Waals surface area contributed by atoms with E-state index < -0.39 is 0 Å². The Balaban J connectivity index is 1.17. The molecule has 5 heteroatoms. The van der Waals surface area contributed by atoms with E-state index in [1.807, 2.05) is 4.90 Å². The van der Waals surface area contributed by atoms with Gasteiger partial charge < -0.3 is 19.3 Å². The van der Waals surface area contributed by atoms with Gasteiger partial charge in [0.05, 0.1) is 6.61 Å². The number of likely N-dealkylation sites (tertiary alicyclic amines) is 2. The van der Waals surface area contributed by atoms with Crippen LogP contribution < -0.4 is 4.74 Å². The highest BCUT2D eigenvalue weighted by molar-refractivity contribution is 5.81. The normalized spacial score (nSPS) is 24.0. The van der Waals surface area contributed by atoms with Crippen LogP contribution in [0.15, 0.2) is 24.3 Å². The number of benzene rings is 1. The quantitative estimate of drug-likeness (QED) is 0.627. The lowest BCUT2D eigenvalue weighted by molar-refractivity contribution is -0.147. The van der Waals surface area contributed by atoms with Crippen molar-refractivity contribution in [3.63, 3.8) is 0 Å². The summed E-state index contributed by atoms with van der Waals surface area (Å²) in [5.74, 6) is 1.72. The molecule has 3 aliphatic heterocycles. The lowest BCUT2D eigenvalue weighted by Crippen LogP contribution is -2.45. The molecule has 1 aromatic rings. The lowest BCUT2D eigenvalue weighted by Gasteiger charge is -2.35. The van der Waals surface area contributed by atoms with Crippen LogP contribution in [0.3, 0.4) is 0 Å². The number of carbonyl (C=O) groups is 1. The van der Waals surface area contributed by atoms with Crippen molar-refractivity contribution in [1.82, 2.24) is 9.80 Å². The first kappa shape index (κ1) is 21.6. The second-order valence-corrected chi connectivity index (χ2v) is 9.13. The van der Waals surface area contributed by atoms with Crippen molar-refractivity contribution < 1.29 is 14.3 Å². The minimum atomic E-state index is -0.193. The van der Waals surface area contributed by atoms with Gasteiger partial charge >= 0.3 is 0 Å². The molecule has 3 saturated heterocycles. The molecule has 3 aliphatic rings. The van der Waals surface area contributed by atoms with Gasteiger partial charge in [-0.2, -0.15) is 0 Å². The fraction of sp³-hybridized carbons (Fsp3) is 0.720. The predicted octanol–water partition coefficient (Wildman–Crippen LogP) is 4.22. The molecule has 4 rings (SSSR count). The second kappa shape index (κ2) is 11.1. The van der Waals surface area contributed by atoms with Crippen molar-refractivity contribution in [2.45, 2.75) is 69.8 Å². The standard InChI is InChI=1S/C25H38N2O3/c28-25(24-7-2-5-19-30-24)27-17-12-22(13-18-27)21-8-10-23(11-9-21)29-20-6-16-26-14-3-1-4-15-26/h8-11,22,24H,1-7,12-20H2. The number of hydrogen-bond acceptors (Lipinski definition) is 4. The number of hydrogen-bond donors (Lipinski definition) is 0. The Morgan fingerprint density at radius 3 is 2.40 bits per heavy atom. The summed E-state index contributed by atoms with van der Waals surface area (Å²) in [4.78, 5) is 17.2. The lowest BCUT2D eigenvalue weighted by atomic mass is 9.89. The monoisotopic (exact) mass is 414 g/mol. The highest BCUT2D eigenvalue weighted by Gasteiger charge is 2.30. The summed E-state index contributed by atoms with van der Waals surface area (Å²) in [5, 5.41) is 0. The van der Waals surface area contributed by atoms with Crippen molar-refractivity contribution in [1.29, 1.82) is 0 Å². The largest absolute Gasteiger partial charge is 0.494 e. The van der Waals surface area contributed by atoms with Gasteiger partial charge in [-0.25, -0.2) is 0 Å². The number of rotatable bonds is 7. The molecule has 1 atom stereocenters. The fourth-order valence-electron chi connectivity index (χ4n) is 5.07. The second-order valence-electron chi connectivity index (χ2n) is 9.13. The van der Waals surface area contributed by atoms with Crippen LogP contribution >= 0.6 is 0 Å². The number of ether oxygens (including phenoxy) is 2. The van der Waals surface area contributed by atoms with Crippen LogP contribution in [-0.4, -0.2) is 67.7 Å². The van der Waals surface area contributed by atoms with Gasteiger partial charge in [0.2, 0.25) is 0 Å². The zero-order valence-corrected chi connectivity index (χ0v) is 18.4. The van der Waals surface area contributed by atoms with E-state index in [-0.39, 0.29) is 12.0 Å². The fourth-order valence-corrected chi connectivity index (χ4v) is 5.07. The van der Waals surface area contributed by atoms with E-state index >= 15 is 0 Å². The molecule has 0 spiro atoms. The van der Waals surface area contributed by atoms with Gasteiger partial charge in [-0.15, -0.1) is 0 Å². The van der Waals surface area contributed by atoms with Gasteiger partial charge in [-0.3, -0.25) is 4.79 Å². The molecule has 0 aromatic heterocycles. The molecule has 1 aromatic carbocycles. The molecule has 0 aliphatic carbocycles. The van der Waals surface area contributed by atoms with Crippen molar-refractivity contribution >= 4 is 5.91 Å². The number of amides is 1. The van der Waals surface area contributed by atoms with E-state index in [0.29, 0.717) is 5.92 Å². The van der Waals surface area contributed by atoms with E-state index in [1.165, 1.54) is 37.9 Å². The summed E-state index contributed by atoms with van der Waals surface area (Å²) in [6, 6.07) is 8.66. The minimum absolute atomic E-state index is 0.193. The molecule has 3 fully saturated rings. The van der Waals surface area contributed by atoms with Crippen LogP contribution in [0, 0.1) is 0 Å². The first-order valence-corrected chi connectivity index (χ1v) is 12.1. The zero-order valence-electron chi connectivity index (χ0n) is 18.4. The Hall–Kier alpha value is -1.59. The molecule has 3 heterocycles. The molecular weight excluding hydrogens is 376 g/mol. The van der Waals surface area contributed by atoms with Gasteiger partial charge in [-0.05, 0) is 88.1 Å². The highest BCUT2D eigenvalue weighted by Crippen LogP contribution is 2.30. The third-order valence-corrected chi connectivity index (χ3v) is 6.95. The van der Waals surface area contributed by atoms with Crippen LogP contribution in [0.2, 0.25) is 0 Å². The molecule has 5 nitrogen and oxygen atoms in total. The maximum absolute atomic E-state index is 12.6. The summed E-state index contributed by atoms with van der Waals surface area (Å²) < 4.78 is 11.6. The molecule has 0 saturated carbocycles. The molecule has 0 radical (unpaired) electrons. The summed E-state index contributed by atoms with van der Waals surface area (Å²) in [7, 11) is 0. The maximum Gasteiger partial charge on any atom is 0.251 e. The third-order valence-electron chi connectivity index (χ3n) is 6.95. The zero-order chi connectivity index (χ0) is 20.6. The average Bonchev–Trinajstić information content (AvgIpc) is 2.83. The Labute approximate surface area is 181 Å². The molecule has 1 amide bonds. The Morgan fingerprint density at radius 1 is 0.933 bits per heavy atom. The summed E-state index contributed by atoms with van der Waals surface area (Å²) in [6.45, 7) is 6.89. The van der Waals surface area contributed by atoms with Gasteiger partial charge in [-0.1, -0.05) is 18.6 Å². The maximum atomic E-state index is 12.6. The van der Waals surface area contributed by atoms with Gasteiger partial charge in [0.1, 0.15) is 11.9 Å². The topological polar surface area (TPSA) is 42.0 Å². The van der Waals surface area contributed by atoms with Crippen LogP contribution in [0.1, 0.15) is 69.3 Å². The number of nitrogens with zero attached hydrogens (tertiary/aromatic N) is 2. The van der Waals surface area contributed by atoms with Crippen LogP contribution in [0.4, 0.5) is 0 Å². The Morgan fingerprint density at radius 2 is 1.70 bits per heavy atom. The number of piperidine rings is 2. The average molecular weight is 415 g/mol. The van der Waals surface area contributed by atoms with E-state index in [1.54, 1.807) is 0 Å². The summed E-state index contributed by atoms with van der Waals surface area (Å²) in [6.07, 6.45) is 10.2. The summed E-state index contributed by atoms with van der Waals surface area (Å²) >= 11 is 0. The van der Waals surface area contributed by atoms with Crippen LogP contribution in [0.25, 0.3) is 0 Å². The van der Waals surface area contributed by atoms with Gasteiger partial charge in [0.15, 0.2) is 0 Å². The van der Waals surface area contributed by atoms with Crippen molar-refractivity contribution in [3.05, 3.63) is 29.8 Å². The van der Waals surface area contributed by atoms with Crippen molar-refractivity contribution in [2.24, 2.45) is 0 Å². The molecule has 0 N–H and O–H groups in total. The van der Waals surface area contributed by atoms with E-state index in [2.05, 4.69) is 29.2 Å². The van der Waals surface area contributed by atoms with Gasteiger partial charge in [0, 0.05) is 26.2 Å². The molecule has 30 heavy (non-hydrogen) atoms. The number of carbonyl (C=O) groups excluding carboxylic acids is 1. The first-order valence-electron chi connectivity index (χ1n) is 12.1. The van der Waals surface area contributed by atoms with Crippen LogP contribution in [0.5, 0.6) is 5.75 Å².